The van der Waals surface area contributed by atoms with Crippen molar-refractivity contribution in [1.82, 2.24) is 4.90 Å². The van der Waals surface area contributed by atoms with Gasteiger partial charge in [-0.25, -0.2) is 0 Å². The van der Waals surface area contributed by atoms with Gasteiger partial charge in [-0.2, -0.15) is 0 Å². The Balaban J connectivity index is 1.84. The largest absolute Gasteiger partial charge is 0.325 e. The summed E-state index contributed by atoms with van der Waals surface area (Å²) in [4.78, 5) is 29.0. The number of hydrogen-bond acceptors (Lipinski definition) is 2. The summed E-state index contributed by atoms with van der Waals surface area (Å²) in [5, 5.41) is 1.30. The van der Waals surface area contributed by atoms with Crippen molar-refractivity contribution in [3.8, 4) is 0 Å². The van der Waals surface area contributed by atoms with Crippen molar-refractivity contribution < 1.29 is 9.59 Å². The number of carbonyl (C=O) groups is 2. The van der Waals surface area contributed by atoms with E-state index in [-0.39, 0.29) is 11.8 Å². The third-order valence-corrected chi connectivity index (χ3v) is 5.76. The van der Waals surface area contributed by atoms with Crippen LogP contribution in [0.25, 0.3) is 0 Å². The molecule has 1 atom stereocenters. The molecular formula is C19H17Cl3N2O2. The topological polar surface area (TPSA) is 40.6 Å². The molecule has 1 heterocycles. The first-order chi connectivity index (χ1) is 12.3. The Morgan fingerprint density at radius 1 is 1.04 bits per heavy atom. The number of nitrogens with zero attached hydrogens (tertiary/aromatic N) is 2. The molecule has 1 unspecified atom stereocenters. The molecule has 0 aliphatic carbocycles. The van der Waals surface area contributed by atoms with Gasteiger partial charge in [-0.1, -0.05) is 40.9 Å². The average Bonchev–Trinajstić information content (AvgIpc) is 2.62. The molecule has 1 aliphatic rings. The zero-order valence-corrected chi connectivity index (χ0v) is 16.6. The van der Waals surface area contributed by atoms with Gasteiger partial charge in [0.2, 0.25) is 5.91 Å². The van der Waals surface area contributed by atoms with E-state index in [9.17, 15) is 9.59 Å². The second kappa shape index (κ2) is 7.47. The summed E-state index contributed by atoms with van der Waals surface area (Å²) in [6.07, 6.45) is 0. The number of carbonyl (C=O) groups excluding carboxylic acids is 2. The molecule has 0 N–H and O–H groups in total. The van der Waals surface area contributed by atoms with E-state index in [4.69, 9.17) is 34.8 Å². The van der Waals surface area contributed by atoms with Gasteiger partial charge in [-0.3, -0.25) is 9.59 Å². The van der Waals surface area contributed by atoms with Crippen LogP contribution in [0.4, 0.5) is 5.69 Å². The molecule has 0 spiro atoms. The zero-order chi connectivity index (χ0) is 19.0. The molecular weight excluding hydrogens is 395 g/mol. The molecule has 1 fully saturated rings. The minimum atomic E-state index is -0.593. The first-order valence-electron chi connectivity index (χ1n) is 8.13. The molecule has 1 aliphatic heterocycles. The number of halogens is 3. The highest BCUT2D eigenvalue weighted by Gasteiger charge is 2.36. The zero-order valence-electron chi connectivity index (χ0n) is 14.3. The van der Waals surface area contributed by atoms with Gasteiger partial charge < -0.3 is 9.80 Å². The number of benzene rings is 2. The van der Waals surface area contributed by atoms with Crippen molar-refractivity contribution in [2.45, 2.75) is 19.9 Å². The number of hydrogen-bond donors (Lipinski definition) is 0. The van der Waals surface area contributed by atoms with E-state index >= 15 is 0 Å². The molecule has 3 rings (SSSR count). The van der Waals surface area contributed by atoms with Gasteiger partial charge in [0, 0.05) is 29.4 Å². The lowest BCUT2D eigenvalue weighted by Gasteiger charge is -2.39. The quantitative estimate of drug-likeness (QED) is 0.710. The second-order valence-corrected chi connectivity index (χ2v) is 7.40. The molecule has 136 valence electrons. The van der Waals surface area contributed by atoms with Crippen LogP contribution in [0.2, 0.25) is 15.1 Å². The molecule has 0 saturated carbocycles. The maximum absolute atomic E-state index is 12.9. The highest BCUT2D eigenvalue weighted by molar-refractivity contribution is 6.42. The fourth-order valence-electron chi connectivity index (χ4n) is 3.07. The van der Waals surface area contributed by atoms with E-state index in [0.717, 1.165) is 11.3 Å². The highest BCUT2D eigenvalue weighted by atomic mass is 35.5. The number of piperazine rings is 1. The van der Waals surface area contributed by atoms with E-state index in [0.29, 0.717) is 33.7 Å². The lowest BCUT2D eigenvalue weighted by molar-refractivity contribution is -0.124. The molecule has 0 bridgehead atoms. The van der Waals surface area contributed by atoms with Crippen LogP contribution in [0, 0.1) is 6.92 Å². The number of anilines is 1. The van der Waals surface area contributed by atoms with Crippen molar-refractivity contribution in [2.24, 2.45) is 0 Å². The summed E-state index contributed by atoms with van der Waals surface area (Å²) in [5.74, 6) is -0.387. The molecule has 7 heteroatoms. The van der Waals surface area contributed by atoms with Crippen LogP contribution in [-0.4, -0.2) is 35.8 Å². The smallest absolute Gasteiger partial charge is 0.254 e. The molecule has 2 aromatic carbocycles. The fraction of sp³-hybridized carbons (Fsp3) is 0.263. The number of amides is 2. The van der Waals surface area contributed by atoms with Gasteiger partial charge in [-0.05, 0) is 49.7 Å². The summed E-state index contributed by atoms with van der Waals surface area (Å²) in [6.45, 7) is 4.42. The Morgan fingerprint density at radius 3 is 2.46 bits per heavy atom. The van der Waals surface area contributed by atoms with E-state index in [1.54, 1.807) is 34.9 Å². The van der Waals surface area contributed by atoms with Gasteiger partial charge >= 0.3 is 0 Å². The monoisotopic (exact) mass is 410 g/mol. The molecule has 26 heavy (non-hydrogen) atoms. The van der Waals surface area contributed by atoms with Crippen LogP contribution >= 0.6 is 34.8 Å². The van der Waals surface area contributed by atoms with Crippen LogP contribution < -0.4 is 4.90 Å². The normalized spacial score (nSPS) is 17.6. The highest BCUT2D eigenvalue weighted by Crippen LogP contribution is 2.30. The minimum absolute atomic E-state index is 0.143. The lowest BCUT2D eigenvalue weighted by Crippen LogP contribution is -2.58. The predicted molar refractivity (Wildman–Crippen MR) is 106 cm³/mol. The standard InChI is InChI=1S/C19H17Cl3N2O2/c1-11-14(20)4-3-5-17(11)24-9-8-23(12(2)18(24)25)19(26)13-6-7-15(21)16(22)10-13/h3-7,10,12H,8-9H2,1-2H3. The Kier molecular flexibility index (Phi) is 5.47. The van der Waals surface area contributed by atoms with Crippen LogP contribution in [0.1, 0.15) is 22.8 Å². The van der Waals surface area contributed by atoms with Crippen LogP contribution in [0.15, 0.2) is 36.4 Å². The maximum Gasteiger partial charge on any atom is 0.254 e. The molecule has 2 amide bonds. The summed E-state index contributed by atoms with van der Waals surface area (Å²) >= 11 is 18.1. The first kappa shape index (κ1) is 19.0. The van der Waals surface area contributed by atoms with E-state index in [1.165, 1.54) is 6.07 Å². The Morgan fingerprint density at radius 2 is 1.77 bits per heavy atom. The Labute approximate surface area is 167 Å². The van der Waals surface area contributed by atoms with E-state index < -0.39 is 6.04 Å². The van der Waals surface area contributed by atoms with E-state index in [1.807, 2.05) is 19.1 Å². The third kappa shape index (κ3) is 3.41. The van der Waals surface area contributed by atoms with Crippen molar-refractivity contribution in [3.05, 3.63) is 62.6 Å². The summed E-state index contributed by atoms with van der Waals surface area (Å²) < 4.78 is 0. The first-order valence-corrected chi connectivity index (χ1v) is 9.27. The van der Waals surface area contributed by atoms with Crippen LogP contribution in [-0.2, 0) is 4.79 Å². The summed E-state index contributed by atoms with van der Waals surface area (Å²) in [5.41, 5.74) is 2.03. The van der Waals surface area contributed by atoms with Crippen molar-refractivity contribution in [3.63, 3.8) is 0 Å². The predicted octanol–water partition coefficient (Wildman–Crippen LogP) is 4.83. The maximum atomic E-state index is 12.9. The van der Waals surface area contributed by atoms with Crippen LogP contribution in [0.3, 0.4) is 0 Å². The van der Waals surface area contributed by atoms with Gasteiger partial charge in [0.1, 0.15) is 6.04 Å². The van der Waals surface area contributed by atoms with Gasteiger partial charge in [0.05, 0.1) is 10.0 Å². The van der Waals surface area contributed by atoms with Gasteiger partial charge in [-0.15, -0.1) is 0 Å². The van der Waals surface area contributed by atoms with Crippen molar-refractivity contribution in [1.29, 1.82) is 0 Å². The number of rotatable bonds is 2. The third-order valence-electron chi connectivity index (χ3n) is 4.61. The minimum Gasteiger partial charge on any atom is -0.325 e. The molecule has 0 aromatic heterocycles. The Hall–Kier alpha value is -1.75. The SMILES string of the molecule is Cc1c(Cl)cccc1N1CCN(C(=O)c2ccc(Cl)c(Cl)c2)C(C)C1=O. The summed E-state index contributed by atoms with van der Waals surface area (Å²) in [6, 6.07) is 9.59. The second-order valence-electron chi connectivity index (χ2n) is 6.18. The van der Waals surface area contributed by atoms with Gasteiger partial charge in [0.25, 0.3) is 5.91 Å². The average molecular weight is 412 g/mol. The Bertz CT molecular complexity index is 885. The fourth-order valence-corrected chi connectivity index (χ4v) is 3.54. The molecule has 1 saturated heterocycles. The molecule has 0 radical (unpaired) electrons. The molecule has 4 nitrogen and oxygen atoms in total. The van der Waals surface area contributed by atoms with Crippen molar-refractivity contribution in [2.75, 3.05) is 18.0 Å². The van der Waals surface area contributed by atoms with Crippen molar-refractivity contribution >= 4 is 52.3 Å². The molecule has 2 aromatic rings. The summed E-state index contributed by atoms with van der Waals surface area (Å²) in [7, 11) is 0. The van der Waals surface area contributed by atoms with E-state index in [2.05, 4.69) is 0 Å². The van der Waals surface area contributed by atoms with Gasteiger partial charge in [0.15, 0.2) is 0 Å². The van der Waals surface area contributed by atoms with Crippen LogP contribution in [0.5, 0.6) is 0 Å². The lowest BCUT2D eigenvalue weighted by atomic mass is 10.1.